The van der Waals surface area contributed by atoms with Gasteiger partial charge in [-0.25, -0.2) is 0 Å². The summed E-state index contributed by atoms with van der Waals surface area (Å²) in [5, 5.41) is 3.20. The molecular weight excluding hydrogens is 228 g/mol. The molecule has 0 aliphatic rings. The Bertz CT molecular complexity index is 569. The third kappa shape index (κ3) is 2.90. The molecule has 2 heterocycles. The molecular formula is C14H18N2O2. The number of aromatic nitrogens is 1. The molecule has 1 N–H and O–H groups in total. The van der Waals surface area contributed by atoms with E-state index < -0.39 is 0 Å². The summed E-state index contributed by atoms with van der Waals surface area (Å²) in [6.45, 7) is 5.98. The van der Waals surface area contributed by atoms with Crippen molar-refractivity contribution in [2.45, 2.75) is 26.9 Å². The summed E-state index contributed by atoms with van der Waals surface area (Å²) < 4.78 is 7.32. The summed E-state index contributed by atoms with van der Waals surface area (Å²) in [5.41, 5.74) is 0.777. The summed E-state index contributed by atoms with van der Waals surface area (Å²) in [5.74, 6) is 1.70. The number of hydrogen-bond donors (Lipinski definition) is 1. The molecule has 4 heteroatoms. The standard InChI is InChI=1S/C14H18N2O2/c1-3-15-9-12-6-7-13(18-12)10-16-8-4-5-11(2)14(16)17/h4-8,15H,3,9-10H2,1-2H3. The van der Waals surface area contributed by atoms with Crippen molar-refractivity contribution in [1.29, 1.82) is 0 Å². The molecule has 0 radical (unpaired) electrons. The highest BCUT2D eigenvalue weighted by Crippen LogP contribution is 2.08. The Kier molecular flexibility index (Phi) is 3.99. The number of furan rings is 1. The fourth-order valence-electron chi connectivity index (χ4n) is 1.80. The average Bonchev–Trinajstić information content (AvgIpc) is 2.80. The number of aryl methyl sites for hydroxylation is 1. The lowest BCUT2D eigenvalue weighted by molar-refractivity contribution is 0.438. The van der Waals surface area contributed by atoms with Gasteiger partial charge in [0.05, 0.1) is 13.1 Å². The maximum atomic E-state index is 11.9. The van der Waals surface area contributed by atoms with E-state index in [9.17, 15) is 4.79 Å². The lowest BCUT2D eigenvalue weighted by atomic mass is 10.3. The van der Waals surface area contributed by atoms with Crippen LogP contribution in [0.3, 0.4) is 0 Å². The number of pyridine rings is 1. The molecule has 0 fully saturated rings. The molecule has 0 unspecified atom stereocenters. The Hall–Kier alpha value is -1.81. The Morgan fingerprint density at radius 1 is 1.28 bits per heavy atom. The summed E-state index contributed by atoms with van der Waals surface area (Å²) in [4.78, 5) is 11.9. The molecule has 0 aliphatic heterocycles. The maximum absolute atomic E-state index is 11.9. The van der Waals surface area contributed by atoms with Gasteiger partial charge in [-0.1, -0.05) is 13.0 Å². The van der Waals surface area contributed by atoms with Crippen molar-refractivity contribution in [3.8, 4) is 0 Å². The third-order valence-electron chi connectivity index (χ3n) is 2.80. The second-order valence-electron chi connectivity index (χ2n) is 4.27. The molecule has 96 valence electrons. The largest absolute Gasteiger partial charge is 0.463 e. The van der Waals surface area contributed by atoms with Gasteiger partial charge in [-0.2, -0.15) is 0 Å². The van der Waals surface area contributed by atoms with Crippen LogP contribution in [0, 0.1) is 6.92 Å². The second kappa shape index (κ2) is 5.69. The first kappa shape index (κ1) is 12.6. The van der Waals surface area contributed by atoms with Gasteiger partial charge in [0.1, 0.15) is 11.5 Å². The van der Waals surface area contributed by atoms with Gasteiger partial charge < -0.3 is 14.3 Å². The molecule has 0 atom stereocenters. The normalized spacial score (nSPS) is 10.8. The van der Waals surface area contributed by atoms with Crippen LogP contribution in [0.25, 0.3) is 0 Å². The van der Waals surface area contributed by atoms with Gasteiger partial charge >= 0.3 is 0 Å². The van der Waals surface area contributed by atoms with Crippen LogP contribution in [0.15, 0.2) is 39.7 Å². The molecule has 0 saturated carbocycles. The Balaban J connectivity index is 2.11. The van der Waals surface area contributed by atoms with Crippen molar-refractivity contribution >= 4 is 0 Å². The van der Waals surface area contributed by atoms with Crippen LogP contribution in [0.2, 0.25) is 0 Å². The van der Waals surface area contributed by atoms with E-state index in [4.69, 9.17) is 4.42 Å². The van der Waals surface area contributed by atoms with Crippen molar-refractivity contribution < 1.29 is 4.42 Å². The third-order valence-corrected chi connectivity index (χ3v) is 2.80. The van der Waals surface area contributed by atoms with Crippen molar-refractivity contribution in [2.24, 2.45) is 0 Å². The predicted molar refractivity (Wildman–Crippen MR) is 70.6 cm³/mol. The van der Waals surface area contributed by atoms with E-state index in [0.717, 1.165) is 30.2 Å². The topological polar surface area (TPSA) is 47.2 Å². The van der Waals surface area contributed by atoms with E-state index in [1.54, 1.807) is 10.8 Å². The lowest BCUT2D eigenvalue weighted by Gasteiger charge is -2.04. The molecule has 18 heavy (non-hydrogen) atoms. The summed E-state index contributed by atoms with van der Waals surface area (Å²) in [7, 11) is 0. The number of nitrogens with one attached hydrogen (secondary N) is 1. The average molecular weight is 246 g/mol. The second-order valence-corrected chi connectivity index (χ2v) is 4.27. The minimum absolute atomic E-state index is 0.0298. The molecule has 0 spiro atoms. The van der Waals surface area contributed by atoms with E-state index in [2.05, 4.69) is 12.2 Å². The Morgan fingerprint density at radius 2 is 2.06 bits per heavy atom. The highest BCUT2D eigenvalue weighted by atomic mass is 16.3. The number of nitrogens with zero attached hydrogens (tertiary/aromatic N) is 1. The first-order valence-corrected chi connectivity index (χ1v) is 6.15. The monoisotopic (exact) mass is 246 g/mol. The predicted octanol–water partition coefficient (Wildman–Crippen LogP) is 1.91. The minimum Gasteiger partial charge on any atom is -0.463 e. The molecule has 0 amide bonds. The van der Waals surface area contributed by atoms with Crippen LogP contribution in [0.4, 0.5) is 0 Å². The minimum atomic E-state index is 0.0298. The maximum Gasteiger partial charge on any atom is 0.253 e. The number of hydrogen-bond acceptors (Lipinski definition) is 3. The van der Waals surface area contributed by atoms with Gasteiger partial charge in [-0.05, 0) is 31.7 Å². The fourth-order valence-corrected chi connectivity index (χ4v) is 1.80. The molecule has 0 aromatic carbocycles. The summed E-state index contributed by atoms with van der Waals surface area (Å²) >= 11 is 0. The SMILES string of the molecule is CCNCc1ccc(Cn2cccc(C)c2=O)o1. The van der Waals surface area contributed by atoms with E-state index in [-0.39, 0.29) is 5.56 Å². The summed E-state index contributed by atoms with van der Waals surface area (Å²) in [6.07, 6.45) is 1.78. The highest BCUT2D eigenvalue weighted by Gasteiger charge is 2.04. The van der Waals surface area contributed by atoms with Gasteiger partial charge in [-0.3, -0.25) is 4.79 Å². The van der Waals surface area contributed by atoms with Crippen LogP contribution < -0.4 is 10.9 Å². The molecule has 0 bridgehead atoms. The Labute approximate surface area is 106 Å². The van der Waals surface area contributed by atoms with Gasteiger partial charge in [0, 0.05) is 11.8 Å². The van der Waals surface area contributed by atoms with Gasteiger partial charge in [0.25, 0.3) is 5.56 Å². The molecule has 2 rings (SSSR count). The zero-order chi connectivity index (χ0) is 13.0. The molecule has 0 aliphatic carbocycles. The molecule has 0 saturated heterocycles. The van der Waals surface area contributed by atoms with E-state index in [0.29, 0.717) is 6.54 Å². The van der Waals surface area contributed by atoms with Crippen LogP contribution in [0.1, 0.15) is 24.0 Å². The zero-order valence-corrected chi connectivity index (χ0v) is 10.8. The van der Waals surface area contributed by atoms with Crippen LogP contribution in [0.5, 0.6) is 0 Å². The first-order chi connectivity index (χ1) is 8.70. The van der Waals surface area contributed by atoms with Gasteiger partial charge in [0.15, 0.2) is 0 Å². The van der Waals surface area contributed by atoms with E-state index >= 15 is 0 Å². The summed E-state index contributed by atoms with van der Waals surface area (Å²) in [6, 6.07) is 7.55. The fraction of sp³-hybridized carbons (Fsp3) is 0.357. The quantitative estimate of drug-likeness (QED) is 0.876. The van der Waals surface area contributed by atoms with Gasteiger partial charge in [0.2, 0.25) is 0 Å². The van der Waals surface area contributed by atoms with Crippen molar-refractivity contribution in [3.63, 3.8) is 0 Å². The van der Waals surface area contributed by atoms with E-state index in [1.807, 2.05) is 31.2 Å². The number of rotatable bonds is 5. The highest BCUT2D eigenvalue weighted by molar-refractivity contribution is 5.11. The van der Waals surface area contributed by atoms with E-state index in [1.165, 1.54) is 0 Å². The Morgan fingerprint density at radius 3 is 2.83 bits per heavy atom. The van der Waals surface area contributed by atoms with Gasteiger partial charge in [-0.15, -0.1) is 0 Å². The first-order valence-electron chi connectivity index (χ1n) is 6.15. The smallest absolute Gasteiger partial charge is 0.253 e. The van der Waals surface area contributed by atoms with Crippen molar-refractivity contribution in [3.05, 3.63) is 57.9 Å². The molecule has 4 nitrogen and oxygen atoms in total. The van der Waals surface area contributed by atoms with Crippen molar-refractivity contribution in [2.75, 3.05) is 6.54 Å². The molecule has 2 aromatic heterocycles. The van der Waals surface area contributed by atoms with Crippen LogP contribution in [-0.2, 0) is 13.1 Å². The van der Waals surface area contributed by atoms with Crippen molar-refractivity contribution in [1.82, 2.24) is 9.88 Å². The van der Waals surface area contributed by atoms with Crippen LogP contribution in [-0.4, -0.2) is 11.1 Å². The molecule has 2 aromatic rings. The lowest BCUT2D eigenvalue weighted by Crippen LogP contribution is -2.21. The van der Waals surface area contributed by atoms with Crippen LogP contribution >= 0.6 is 0 Å². The zero-order valence-electron chi connectivity index (χ0n) is 10.8.